The molecule has 0 amide bonds. The van der Waals surface area contributed by atoms with Gasteiger partial charge in [-0.05, 0) is 43.0 Å². The quantitative estimate of drug-likeness (QED) is 0.0721. The Morgan fingerprint density at radius 3 is 2.49 bits per heavy atom. The van der Waals surface area contributed by atoms with Crippen molar-refractivity contribution < 1.29 is 73.3 Å². The van der Waals surface area contributed by atoms with Crippen LogP contribution in [-0.2, 0) is 30.4 Å². The van der Waals surface area contributed by atoms with Gasteiger partial charge < -0.3 is 58.8 Å². The summed E-state index contributed by atoms with van der Waals surface area (Å²) in [6.07, 6.45) is -6.63. The number of esters is 1. The number of carboxylic acids is 1. The van der Waals surface area contributed by atoms with Crippen molar-refractivity contribution in [2.24, 2.45) is 0 Å². The van der Waals surface area contributed by atoms with Crippen molar-refractivity contribution in [3.8, 4) is 28.7 Å². The third-order valence-electron chi connectivity index (χ3n) is 8.13. The minimum Gasteiger partial charge on any atom is -0.492 e. The first-order chi connectivity index (χ1) is 21.7. The van der Waals surface area contributed by atoms with E-state index in [0.29, 0.717) is 48.0 Å². The molecule has 4 aliphatic heterocycles. The summed E-state index contributed by atoms with van der Waals surface area (Å²) < 4.78 is 33.8. The normalized spacial score (nSPS) is 27.4. The zero-order chi connectivity index (χ0) is 31.7. The van der Waals surface area contributed by atoms with Gasteiger partial charge in [-0.15, -0.1) is 0 Å². The molecule has 7 unspecified atom stereocenters. The van der Waals surface area contributed by atoms with Crippen LogP contribution in [0.15, 0.2) is 24.3 Å². The van der Waals surface area contributed by atoms with Crippen molar-refractivity contribution in [3.05, 3.63) is 41.0 Å². The molecule has 7 atom stereocenters. The van der Waals surface area contributed by atoms with Gasteiger partial charge in [0.25, 0.3) is 0 Å². The van der Waals surface area contributed by atoms with Crippen LogP contribution in [0.4, 0.5) is 0 Å². The molecule has 15 heteroatoms. The molecule has 1 saturated heterocycles. The minimum absolute atomic E-state index is 0.0877. The second-order valence-electron chi connectivity index (χ2n) is 11.2. The molecule has 4 aliphatic rings. The number of ether oxygens (including phenoxy) is 6. The van der Waals surface area contributed by atoms with E-state index < -0.39 is 61.8 Å². The van der Waals surface area contributed by atoms with Gasteiger partial charge in [-0.25, -0.2) is 0 Å². The van der Waals surface area contributed by atoms with Crippen molar-refractivity contribution in [3.63, 3.8) is 0 Å². The Labute approximate surface area is 256 Å². The SMILES string of the molecule is O=C(O)CC(=O)OCC1OC(O)C(OOc2cc(CCCCCO)c3c(c2)C2Oc4cc5c(cc4C2CO3)OCO5)C(O)C1O. The first-order valence-electron chi connectivity index (χ1n) is 14.6. The van der Waals surface area contributed by atoms with Gasteiger partial charge in [-0.2, -0.15) is 4.89 Å². The molecule has 2 aromatic rings. The van der Waals surface area contributed by atoms with Gasteiger partial charge in [0.1, 0.15) is 48.9 Å². The number of hydrogen-bond donors (Lipinski definition) is 5. The Morgan fingerprint density at radius 2 is 1.71 bits per heavy atom. The molecule has 6 rings (SSSR count). The standard InChI is InChI=1S/C30H34O15/c31-5-3-1-2-4-14-6-15(44-45-29-26(36)25(35)22(43-30(29)37)12-38-24(34)10-23(32)33)7-17-27(14)39-11-18-16-8-20-21(41-13-40-20)9-19(16)42-28(17)18/h6-9,18,22,25-26,28-31,35-37H,1-5,10-13H2,(H,32,33). The molecule has 2 aromatic carbocycles. The number of hydrogen-bond acceptors (Lipinski definition) is 14. The molecule has 0 spiro atoms. The zero-order valence-corrected chi connectivity index (χ0v) is 24.0. The van der Waals surface area contributed by atoms with Gasteiger partial charge in [0.2, 0.25) is 6.79 Å². The third-order valence-corrected chi connectivity index (χ3v) is 8.13. The van der Waals surface area contributed by atoms with Gasteiger partial charge in [0.05, 0.1) is 12.5 Å². The number of benzene rings is 2. The highest BCUT2D eigenvalue weighted by Crippen LogP contribution is 2.55. The van der Waals surface area contributed by atoms with E-state index in [0.717, 1.165) is 24.0 Å². The summed E-state index contributed by atoms with van der Waals surface area (Å²) in [5.74, 6) is 0.124. The molecule has 0 bridgehead atoms. The number of aryl methyl sites for hydroxylation is 1. The molecule has 15 nitrogen and oxygen atoms in total. The average Bonchev–Trinajstić information content (AvgIpc) is 3.62. The Kier molecular flexibility index (Phi) is 9.16. The molecule has 0 aliphatic carbocycles. The highest BCUT2D eigenvalue weighted by molar-refractivity contribution is 5.90. The Bertz CT molecular complexity index is 1410. The van der Waals surface area contributed by atoms with Crippen molar-refractivity contribution in [2.75, 3.05) is 26.6 Å². The number of aliphatic carboxylic acids is 1. The minimum atomic E-state index is -1.80. The van der Waals surface area contributed by atoms with E-state index in [2.05, 4.69) is 0 Å². The fourth-order valence-corrected chi connectivity index (χ4v) is 5.87. The summed E-state index contributed by atoms with van der Waals surface area (Å²) in [6, 6.07) is 7.08. The predicted octanol–water partition coefficient (Wildman–Crippen LogP) is 0.866. The molecule has 45 heavy (non-hydrogen) atoms. The summed E-state index contributed by atoms with van der Waals surface area (Å²) in [6.45, 7) is -0.0114. The Balaban J connectivity index is 1.18. The smallest absolute Gasteiger partial charge is 0.317 e. The maximum atomic E-state index is 11.5. The van der Waals surface area contributed by atoms with Crippen molar-refractivity contribution in [1.29, 1.82) is 0 Å². The fraction of sp³-hybridized carbons (Fsp3) is 0.533. The van der Waals surface area contributed by atoms with Gasteiger partial charge in [-0.1, -0.05) is 6.42 Å². The molecule has 0 saturated carbocycles. The van der Waals surface area contributed by atoms with E-state index in [9.17, 15) is 30.0 Å². The maximum absolute atomic E-state index is 11.5. The lowest BCUT2D eigenvalue weighted by Crippen LogP contribution is -2.59. The summed E-state index contributed by atoms with van der Waals surface area (Å²) >= 11 is 0. The Hall–Kier alpha value is -3.86. The Morgan fingerprint density at radius 1 is 0.911 bits per heavy atom. The fourth-order valence-electron chi connectivity index (χ4n) is 5.87. The average molecular weight is 635 g/mol. The molecule has 4 heterocycles. The largest absolute Gasteiger partial charge is 0.492 e. The van der Waals surface area contributed by atoms with Crippen LogP contribution >= 0.6 is 0 Å². The second kappa shape index (κ2) is 13.2. The highest BCUT2D eigenvalue weighted by atomic mass is 17.2. The summed E-state index contributed by atoms with van der Waals surface area (Å²) in [5, 5.41) is 49.6. The zero-order valence-electron chi connectivity index (χ0n) is 24.0. The van der Waals surface area contributed by atoms with E-state index in [1.54, 1.807) is 18.2 Å². The lowest BCUT2D eigenvalue weighted by molar-refractivity contribution is -0.365. The topological polar surface area (TPSA) is 209 Å². The van der Waals surface area contributed by atoms with Crippen LogP contribution in [-0.4, -0.2) is 94.8 Å². The van der Waals surface area contributed by atoms with Crippen LogP contribution in [0.1, 0.15) is 54.4 Å². The number of carboxylic acid groups (broad SMARTS) is 1. The molecular formula is C30H34O15. The van der Waals surface area contributed by atoms with Crippen LogP contribution in [0, 0.1) is 0 Å². The van der Waals surface area contributed by atoms with Crippen molar-refractivity contribution in [2.45, 2.75) is 74.8 Å². The lowest BCUT2D eigenvalue weighted by atomic mass is 9.87. The number of unbranched alkanes of at least 4 members (excludes halogenated alkanes) is 2. The van der Waals surface area contributed by atoms with Crippen molar-refractivity contribution >= 4 is 11.9 Å². The van der Waals surface area contributed by atoms with Crippen LogP contribution in [0.5, 0.6) is 28.7 Å². The summed E-state index contributed by atoms with van der Waals surface area (Å²) in [4.78, 5) is 33.2. The molecule has 5 N–H and O–H groups in total. The van der Waals surface area contributed by atoms with E-state index in [-0.39, 0.29) is 25.1 Å². The third kappa shape index (κ3) is 6.45. The lowest BCUT2D eigenvalue weighted by Gasteiger charge is -2.39. The van der Waals surface area contributed by atoms with Gasteiger partial charge in [0.15, 0.2) is 29.6 Å². The number of aliphatic hydroxyl groups is 4. The van der Waals surface area contributed by atoms with E-state index in [1.807, 2.05) is 6.07 Å². The van der Waals surface area contributed by atoms with E-state index in [4.69, 9.17) is 43.3 Å². The van der Waals surface area contributed by atoms with Gasteiger partial charge in [0, 0.05) is 23.8 Å². The van der Waals surface area contributed by atoms with Crippen molar-refractivity contribution in [1.82, 2.24) is 0 Å². The monoisotopic (exact) mass is 634 g/mol. The van der Waals surface area contributed by atoms with Crippen LogP contribution in [0.25, 0.3) is 0 Å². The molecule has 0 aromatic heterocycles. The van der Waals surface area contributed by atoms with Gasteiger partial charge >= 0.3 is 11.9 Å². The first kappa shape index (κ1) is 31.1. The van der Waals surface area contributed by atoms with E-state index in [1.165, 1.54) is 0 Å². The first-order valence-corrected chi connectivity index (χ1v) is 14.6. The summed E-state index contributed by atoms with van der Waals surface area (Å²) in [5.41, 5.74) is 2.43. The molecule has 1 fully saturated rings. The van der Waals surface area contributed by atoms with Crippen LogP contribution in [0.2, 0.25) is 0 Å². The number of aliphatic hydroxyl groups excluding tert-OH is 4. The number of carbonyl (C=O) groups excluding carboxylic acids is 1. The number of carbonyl (C=O) groups is 2. The van der Waals surface area contributed by atoms with E-state index >= 15 is 0 Å². The molecule has 0 radical (unpaired) electrons. The van der Waals surface area contributed by atoms with Crippen LogP contribution < -0.4 is 23.8 Å². The number of rotatable bonds is 12. The summed E-state index contributed by atoms with van der Waals surface area (Å²) in [7, 11) is 0. The highest BCUT2D eigenvalue weighted by Gasteiger charge is 2.47. The van der Waals surface area contributed by atoms with Crippen LogP contribution in [0.3, 0.4) is 0 Å². The maximum Gasteiger partial charge on any atom is 0.317 e. The second-order valence-corrected chi connectivity index (χ2v) is 11.2. The predicted molar refractivity (Wildman–Crippen MR) is 147 cm³/mol. The molecular weight excluding hydrogens is 600 g/mol. The van der Waals surface area contributed by atoms with Gasteiger partial charge in [-0.3, -0.25) is 9.59 Å². The molecule has 244 valence electrons. The number of fused-ring (bicyclic) bond motifs is 6.